The highest BCUT2D eigenvalue weighted by Crippen LogP contribution is 2.29. The van der Waals surface area contributed by atoms with Gasteiger partial charge in [-0.2, -0.15) is 5.10 Å². The van der Waals surface area contributed by atoms with Gasteiger partial charge in [0.1, 0.15) is 18.7 Å². The normalized spacial score (nSPS) is 11.6. The highest BCUT2D eigenvalue weighted by molar-refractivity contribution is 9.10. The summed E-state index contributed by atoms with van der Waals surface area (Å²) in [5.74, 6) is 1.19. The fourth-order valence-electron chi connectivity index (χ4n) is 1.56. The van der Waals surface area contributed by atoms with Gasteiger partial charge >= 0.3 is 0 Å². The molecule has 0 aliphatic rings. The lowest BCUT2D eigenvalue weighted by atomic mass is 10.3. The molecule has 0 N–H and O–H groups in total. The molecule has 2 aromatic rings. The maximum Gasteiger partial charge on any atom is 0.261 e. The largest absolute Gasteiger partial charge is 0.484 e. The van der Waals surface area contributed by atoms with Crippen molar-refractivity contribution in [3.05, 3.63) is 34.8 Å². The molecular formula is C11H11BrClN3O3S. The van der Waals surface area contributed by atoms with Crippen LogP contribution in [0.25, 0.3) is 0 Å². The number of rotatable bonds is 5. The van der Waals surface area contributed by atoms with Crippen molar-refractivity contribution in [2.24, 2.45) is 0 Å². The van der Waals surface area contributed by atoms with E-state index in [1.807, 2.05) is 6.92 Å². The number of halogens is 2. The fraction of sp³-hybridized carbons (Fsp3) is 0.273. The molecule has 0 saturated heterocycles. The molecule has 9 heteroatoms. The maximum absolute atomic E-state index is 11.2. The van der Waals surface area contributed by atoms with Gasteiger partial charge in [-0.15, -0.1) is 0 Å². The number of ether oxygens (including phenoxy) is 1. The highest BCUT2D eigenvalue weighted by atomic mass is 79.9. The molecule has 2 rings (SSSR count). The second-order valence-corrected chi connectivity index (χ2v) is 7.23. The number of benzene rings is 1. The summed E-state index contributed by atoms with van der Waals surface area (Å²) in [7, 11) is 1.52. The molecular weight excluding hydrogens is 370 g/mol. The summed E-state index contributed by atoms with van der Waals surface area (Å²) >= 11 is 3.25. The number of aromatic nitrogens is 3. The van der Waals surface area contributed by atoms with E-state index in [1.165, 1.54) is 24.5 Å². The quantitative estimate of drug-likeness (QED) is 0.745. The van der Waals surface area contributed by atoms with Gasteiger partial charge in [0, 0.05) is 17.2 Å². The van der Waals surface area contributed by atoms with Gasteiger partial charge < -0.3 is 4.74 Å². The number of nitrogens with zero attached hydrogens (tertiary/aromatic N) is 3. The molecule has 1 aromatic heterocycles. The van der Waals surface area contributed by atoms with Gasteiger partial charge in [-0.3, -0.25) is 0 Å². The topological polar surface area (TPSA) is 74.1 Å². The SMILES string of the molecule is CCn1ncnc1COc1ccc(S(=O)(=O)Cl)cc1Br. The molecule has 0 spiro atoms. The minimum atomic E-state index is -3.75. The lowest BCUT2D eigenvalue weighted by molar-refractivity contribution is 0.285. The molecule has 108 valence electrons. The molecule has 0 fully saturated rings. The lowest BCUT2D eigenvalue weighted by Gasteiger charge is -2.09. The van der Waals surface area contributed by atoms with Gasteiger partial charge in [-0.25, -0.2) is 18.1 Å². The average Bonchev–Trinajstić information content (AvgIpc) is 2.83. The molecule has 0 amide bonds. The van der Waals surface area contributed by atoms with Gasteiger partial charge in [0.15, 0.2) is 5.82 Å². The Hall–Kier alpha value is -1.12. The first kappa shape index (κ1) is 15.3. The van der Waals surface area contributed by atoms with Crippen LogP contribution in [0.4, 0.5) is 0 Å². The van der Waals surface area contributed by atoms with Crippen LogP contribution in [0.2, 0.25) is 0 Å². The molecule has 0 aliphatic heterocycles. The number of hydrogen-bond acceptors (Lipinski definition) is 5. The third-order valence-corrected chi connectivity index (χ3v) is 4.51. The summed E-state index contributed by atoms with van der Waals surface area (Å²) in [4.78, 5) is 4.09. The molecule has 1 heterocycles. The fourth-order valence-corrected chi connectivity index (χ4v) is 2.98. The predicted octanol–water partition coefficient (Wildman–Crippen LogP) is 2.57. The molecule has 0 atom stereocenters. The van der Waals surface area contributed by atoms with Crippen molar-refractivity contribution < 1.29 is 13.2 Å². The minimum absolute atomic E-state index is 0.00937. The van der Waals surface area contributed by atoms with E-state index in [4.69, 9.17) is 15.4 Å². The molecule has 0 aliphatic carbocycles. The lowest BCUT2D eigenvalue weighted by Crippen LogP contribution is -2.07. The van der Waals surface area contributed by atoms with E-state index in [0.29, 0.717) is 22.6 Å². The van der Waals surface area contributed by atoms with E-state index < -0.39 is 9.05 Å². The van der Waals surface area contributed by atoms with Crippen molar-refractivity contribution in [1.29, 1.82) is 0 Å². The Morgan fingerprint density at radius 1 is 1.45 bits per heavy atom. The molecule has 0 radical (unpaired) electrons. The van der Waals surface area contributed by atoms with Gasteiger partial charge in [-0.1, -0.05) is 0 Å². The van der Waals surface area contributed by atoms with Gasteiger partial charge in [0.05, 0.1) is 9.37 Å². The monoisotopic (exact) mass is 379 g/mol. The zero-order chi connectivity index (χ0) is 14.8. The van der Waals surface area contributed by atoms with Crippen LogP contribution in [0, 0.1) is 0 Å². The number of hydrogen-bond donors (Lipinski definition) is 0. The Kier molecular flexibility index (Phi) is 4.66. The van der Waals surface area contributed by atoms with E-state index in [9.17, 15) is 8.42 Å². The Bertz CT molecular complexity index is 717. The third kappa shape index (κ3) is 3.50. The van der Waals surface area contributed by atoms with E-state index in [-0.39, 0.29) is 11.5 Å². The van der Waals surface area contributed by atoms with Crippen LogP contribution in [-0.4, -0.2) is 23.2 Å². The van der Waals surface area contributed by atoms with Crippen LogP contribution in [0.3, 0.4) is 0 Å². The van der Waals surface area contributed by atoms with Crippen LogP contribution >= 0.6 is 26.6 Å². The van der Waals surface area contributed by atoms with Crippen molar-refractivity contribution in [2.45, 2.75) is 25.0 Å². The van der Waals surface area contributed by atoms with Crippen LogP contribution < -0.4 is 4.74 Å². The Labute approximate surface area is 129 Å². The second-order valence-electron chi connectivity index (χ2n) is 3.81. The summed E-state index contributed by atoms with van der Waals surface area (Å²) in [5, 5.41) is 4.03. The van der Waals surface area contributed by atoms with E-state index in [2.05, 4.69) is 26.0 Å². The standard InChI is InChI=1S/C11H11BrClN3O3S/c1-2-16-11(14-7-15-16)6-19-10-4-3-8(5-9(10)12)20(13,17)18/h3-5,7H,2,6H2,1H3. The predicted molar refractivity (Wildman–Crippen MR) is 77.2 cm³/mol. The van der Waals surface area contributed by atoms with Crippen molar-refractivity contribution in [3.63, 3.8) is 0 Å². The third-order valence-electron chi connectivity index (χ3n) is 2.54. The van der Waals surface area contributed by atoms with Crippen molar-refractivity contribution in [1.82, 2.24) is 14.8 Å². The summed E-state index contributed by atoms with van der Waals surface area (Å²) in [6.45, 7) is 2.89. The van der Waals surface area contributed by atoms with Crippen LogP contribution in [0.15, 0.2) is 33.9 Å². The first-order valence-electron chi connectivity index (χ1n) is 5.65. The first-order chi connectivity index (χ1) is 9.41. The summed E-state index contributed by atoms with van der Waals surface area (Å²) in [6.07, 6.45) is 1.46. The van der Waals surface area contributed by atoms with Crippen LogP contribution in [0.5, 0.6) is 5.75 Å². The van der Waals surface area contributed by atoms with E-state index in [0.717, 1.165) is 0 Å². The Balaban J connectivity index is 2.15. The summed E-state index contributed by atoms with van der Waals surface area (Å²) in [6, 6.07) is 4.31. The molecule has 6 nitrogen and oxygen atoms in total. The van der Waals surface area contributed by atoms with Crippen molar-refractivity contribution >= 4 is 35.7 Å². The first-order valence-corrected chi connectivity index (χ1v) is 8.75. The van der Waals surface area contributed by atoms with Gasteiger partial charge in [-0.05, 0) is 41.1 Å². The highest BCUT2D eigenvalue weighted by Gasteiger charge is 2.13. The molecule has 0 bridgehead atoms. The molecule has 0 saturated carbocycles. The maximum atomic E-state index is 11.2. The minimum Gasteiger partial charge on any atom is -0.484 e. The zero-order valence-corrected chi connectivity index (χ0v) is 13.6. The molecule has 1 aromatic carbocycles. The van der Waals surface area contributed by atoms with Crippen LogP contribution in [0.1, 0.15) is 12.7 Å². The number of aryl methyl sites for hydroxylation is 1. The zero-order valence-electron chi connectivity index (χ0n) is 10.5. The van der Waals surface area contributed by atoms with Crippen molar-refractivity contribution in [2.75, 3.05) is 0 Å². The average molecular weight is 381 g/mol. The smallest absolute Gasteiger partial charge is 0.261 e. The Morgan fingerprint density at radius 3 is 2.80 bits per heavy atom. The van der Waals surface area contributed by atoms with Crippen molar-refractivity contribution in [3.8, 4) is 5.75 Å². The van der Waals surface area contributed by atoms with E-state index in [1.54, 1.807) is 4.68 Å². The Morgan fingerprint density at radius 2 is 2.20 bits per heavy atom. The summed E-state index contributed by atoms with van der Waals surface area (Å²) in [5.41, 5.74) is 0. The van der Waals surface area contributed by atoms with Gasteiger partial charge in [0.2, 0.25) is 0 Å². The molecule has 0 unspecified atom stereocenters. The molecule has 20 heavy (non-hydrogen) atoms. The van der Waals surface area contributed by atoms with Crippen LogP contribution in [-0.2, 0) is 22.2 Å². The van der Waals surface area contributed by atoms with Gasteiger partial charge in [0.25, 0.3) is 9.05 Å². The summed E-state index contributed by atoms with van der Waals surface area (Å²) < 4.78 is 30.2. The second kappa shape index (κ2) is 6.11. The van der Waals surface area contributed by atoms with E-state index >= 15 is 0 Å².